The summed E-state index contributed by atoms with van der Waals surface area (Å²) in [5.41, 5.74) is 2.59. The molecule has 1 N–H and O–H groups in total. The summed E-state index contributed by atoms with van der Waals surface area (Å²) >= 11 is 0. The minimum Gasteiger partial charge on any atom is -0.383 e. The van der Waals surface area contributed by atoms with Crippen molar-refractivity contribution in [2.75, 3.05) is 13.7 Å². The minimum absolute atomic E-state index is 0.157. The Balaban J connectivity index is 1.68. The molecule has 1 atom stereocenters. The average Bonchev–Trinajstić information content (AvgIpc) is 3.28. The number of carbonyl (C=O) groups is 1. The number of aromatic nitrogens is 5. The first kappa shape index (κ1) is 17.8. The first-order valence-electron chi connectivity index (χ1n) is 8.34. The lowest BCUT2D eigenvalue weighted by molar-refractivity contribution is 0.0937. The number of methoxy groups -OCH3 is 1. The highest BCUT2D eigenvalue weighted by molar-refractivity contribution is 5.94. The number of imidazole rings is 1. The van der Waals surface area contributed by atoms with E-state index >= 15 is 0 Å². The maximum Gasteiger partial charge on any atom is 0.251 e. The molecule has 2 aromatic heterocycles. The summed E-state index contributed by atoms with van der Waals surface area (Å²) in [5, 5.41) is 11.0. The summed E-state index contributed by atoms with van der Waals surface area (Å²) in [5.74, 6) is 0.539. The third-order valence-corrected chi connectivity index (χ3v) is 4.18. The second-order valence-electron chi connectivity index (χ2n) is 6.04. The van der Waals surface area contributed by atoms with Gasteiger partial charge >= 0.3 is 0 Å². The van der Waals surface area contributed by atoms with Crippen LogP contribution in [0.1, 0.15) is 29.1 Å². The van der Waals surface area contributed by atoms with Gasteiger partial charge in [0.1, 0.15) is 6.33 Å². The van der Waals surface area contributed by atoms with E-state index in [4.69, 9.17) is 4.74 Å². The van der Waals surface area contributed by atoms with Crippen LogP contribution in [0, 0.1) is 0 Å². The normalized spacial score (nSPS) is 12.1. The van der Waals surface area contributed by atoms with E-state index < -0.39 is 0 Å². The largest absolute Gasteiger partial charge is 0.383 e. The van der Waals surface area contributed by atoms with E-state index in [1.807, 2.05) is 35.2 Å². The zero-order valence-electron chi connectivity index (χ0n) is 15.1. The molecule has 2 heterocycles. The Bertz CT molecular complexity index is 868. The molecule has 8 heteroatoms. The smallest absolute Gasteiger partial charge is 0.251 e. The number of nitrogens with one attached hydrogen (secondary N) is 1. The van der Waals surface area contributed by atoms with E-state index in [-0.39, 0.29) is 11.9 Å². The topological polar surface area (TPSA) is 86.9 Å². The van der Waals surface area contributed by atoms with Crippen molar-refractivity contribution in [3.05, 3.63) is 54.5 Å². The van der Waals surface area contributed by atoms with Gasteiger partial charge in [0, 0.05) is 26.3 Å². The summed E-state index contributed by atoms with van der Waals surface area (Å²) in [4.78, 5) is 16.6. The molecule has 1 aromatic carbocycles. The van der Waals surface area contributed by atoms with Gasteiger partial charge in [0.15, 0.2) is 5.82 Å². The van der Waals surface area contributed by atoms with Gasteiger partial charge in [-0.25, -0.2) is 4.98 Å². The molecule has 136 valence electrons. The lowest BCUT2D eigenvalue weighted by Gasteiger charge is -2.15. The average molecular weight is 354 g/mol. The molecule has 26 heavy (non-hydrogen) atoms. The van der Waals surface area contributed by atoms with E-state index in [2.05, 4.69) is 20.5 Å². The highest BCUT2D eigenvalue weighted by Crippen LogP contribution is 2.19. The molecule has 1 amide bonds. The van der Waals surface area contributed by atoms with Crippen LogP contribution >= 0.6 is 0 Å². The number of rotatable bonds is 7. The Morgan fingerprint density at radius 1 is 1.27 bits per heavy atom. The molecular weight excluding hydrogens is 332 g/mol. The van der Waals surface area contributed by atoms with Crippen molar-refractivity contribution in [2.45, 2.75) is 19.5 Å². The van der Waals surface area contributed by atoms with E-state index in [1.54, 1.807) is 38.1 Å². The Morgan fingerprint density at radius 2 is 2.04 bits per heavy atom. The summed E-state index contributed by atoms with van der Waals surface area (Å²) in [6.45, 7) is 3.08. The van der Waals surface area contributed by atoms with E-state index in [0.29, 0.717) is 24.5 Å². The first-order valence-corrected chi connectivity index (χ1v) is 8.34. The molecule has 0 unspecified atom stereocenters. The summed E-state index contributed by atoms with van der Waals surface area (Å²) in [6.07, 6.45) is 5.18. The molecule has 0 radical (unpaired) electrons. The van der Waals surface area contributed by atoms with Gasteiger partial charge in [0.25, 0.3) is 5.91 Å². The fourth-order valence-corrected chi connectivity index (χ4v) is 2.73. The maximum atomic E-state index is 12.5. The minimum atomic E-state index is -0.265. The van der Waals surface area contributed by atoms with Gasteiger partial charge in [-0.1, -0.05) is 12.1 Å². The lowest BCUT2D eigenvalue weighted by Crippen LogP contribution is -2.29. The van der Waals surface area contributed by atoms with Crippen LogP contribution in [0.3, 0.4) is 0 Å². The zero-order valence-corrected chi connectivity index (χ0v) is 15.1. The molecule has 0 fully saturated rings. The molecule has 0 aliphatic carbocycles. The van der Waals surface area contributed by atoms with E-state index in [0.717, 1.165) is 11.3 Å². The van der Waals surface area contributed by atoms with Gasteiger partial charge in [0.2, 0.25) is 0 Å². The number of ether oxygens (including phenoxy) is 1. The maximum absolute atomic E-state index is 12.5. The zero-order chi connectivity index (χ0) is 18.5. The molecule has 3 aromatic rings. The van der Waals surface area contributed by atoms with Crippen molar-refractivity contribution in [3.8, 4) is 11.3 Å². The first-order chi connectivity index (χ1) is 12.6. The summed E-state index contributed by atoms with van der Waals surface area (Å²) in [7, 11) is 3.58. The predicted octanol–water partition coefficient (Wildman–Crippen LogP) is 1.82. The highest BCUT2D eigenvalue weighted by atomic mass is 16.5. The third-order valence-electron chi connectivity index (χ3n) is 4.18. The van der Waals surface area contributed by atoms with Gasteiger partial charge in [-0.05, 0) is 24.6 Å². The van der Waals surface area contributed by atoms with Crippen LogP contribution in [-0.2, 0) is 18.3 Å². The van der Waals surface area contributed by atoms with Crippen molar-refractivity contribution >= 4 is 5.91 Å². The molecule has 0 saturated carbocycles. The number of carbonyl (C=O) groups excluding carboxylic acids is 1. The van der Waals surface area contributed by atoms with E-state index in [1.165, 1.54) is 0 Å². The van der Waals surface area contributed by atoms with Crippen molar-refractivity contribution in [3.63, 3.8) is 0 Å². The molecule has 0 saturated heterocycles. The van der Waals surface area contributed by atoms with Crippen molar-refractivity contribution in [1.29, 1.82) is 0 Å². The predicted molar refractivity (Wildman–Crippen MR) is 96.4 cm³/mol. The van der Waals surface area contributed by atoms with Crippen LogP contribution in [0.15, 0.2) is 43.1 Å². The number of nitrogens with zero attached hydrogens (tertiary/aromatic N) is 5. The molecular formula is C18H22N6O2. The Kier molecular flexibility index (Phi) is 5.43. The number of aryl methyl sites for hydroxylation is 1. The fourth-order valence-electron chi connectivity index (χ4n) is 2.73. The Labute approximate surface area is 151 Å². The second kappa shape index (κ2) is 7.92. The van der Waals surface area contributed by atoms with Crippen molar-refractivity contribution < 1.29 is 9.53 Å². The molecule has 0 aliphatic heterocycles. The van der Waals surface area contributed by atoms with Gasteiger partial charge in [-0.2, -0.15) is 0 Å². The number of hydrogen-bond acceptors (Lipinski definition) is 5. The molecule has 3 rings (SSSR count). The van der Waals surface area contributed by atoms with Crippen LogP contribution in [-0.4, -0.2) is 43.9 Å². The molecule has 0 bridgehead atoms. The van der Waals surface area contributed by atoms with Gasteiger partial charge < -0.3 is 19.2 Å². The highest BCUT2D eigenvalue weighted by Gasteiger charge is 2.17. The van der Waals surface area contributed by atoms with Crippen LogP contribution in [0.4, 0.5) is 0 Å². The van der Waals surface area contributed by atoms with Crippen LogP contribution < -0.4 is 5.32 Å². The van der Waals surface area contributed by atoms with Crippen LogP contribution in [0.5, 0.6) is 0 Å². The van der Waals surface area contributed by atoms with Crippen LogP contribution in [0.25, 0.3) is 11.3 Å². The second-order valence-corrected chi connectivity index (χ2v) is 6.04. The lowest BCUT2D eigenvalue weighted by atomic mass is 10.1. The van der Waals surface area contributed by atoms with E-state index in [9.17, 15) is 4.79 Å². The standard InChI is InChI=1S/C18H22N6O2/c1-13(17-22-20-12-24(17)8-9-26-3)21-18(25)15-6-4-14(5-7-15)16-10-19-11-23(16)2/h4-7,10-13H,8-9H2,1-3H3,(H,21,25)/t13-/m1/s1. The quantitative estimate of drug-likeness (QED) is 0.699. The third kappa shape index (κ3) is 3.80. The molecule has 8 nitrogen and oxygen atoms in total. The SMILES string of the molecule is COCCn1cnnc1[C@@H](C)NC(=O)c1ccc(-c2cncn2C)cc1. The molecule has 0 spiro atoms. The summed E-state index contributed by atoms with van der Waals surface area (Å²) < 4.78 is 8.89. The number of hydrogen-bond donors (Lipinski definition) is 1. The van der Waals surface area contributed by atoms with Gasteiger partial charge in [0.05, 0.1) is 30.9 Å². The monoisotopic (exact) mass is 354 g/mol. The molecule has 0 aliphatic rings. The van der Waals surface area contributed by atoms with Crippen LogP contribution in [0.2, 0.25) is 0 Å². The summed E-state index contributed by atoms with van der Waals surface area (Å²) in [6, 6.07) is 7.17. The van der Waals surface area contributed by atoms with Crippen molar-refractivity contribution in [1.82, 2.24) is 29.6 Å². The van der Waals surface area contributed by atoms with Crippen molar-refractivity contribution in [2.24, 2.45) is 7.05 Å². The Morgan fingerprint density at radius 3 is 2.69 bits per heavy atom. The fraction of sp³-hybridized carbons (Fsp3) is 0.333. The number of amides is 1. The Hall–Kier alpha value is -3.00. The van der Waals surface area contributed by atoms with Gasteiger partial charge in [-0.3, -0.25) is 4.79 Å². The number of benzene rings is 1. The van der Waals surface area contributed by atoms with Gasteiger partial charge in [-0.15, -0.1) is 10.2 Å².